The fourth-order valence-corrected chi connectivity index (χ4v) is 2.60. The lowest BCUT2D eigenvalue weighted by Crippen LogP contribution is -2.13. The van der Waals surface area contributed by atoms with Crippen LogP contribution in [-0.2, 0) is 16.1 Å². The van der Waals surface area contributed by atoms with Crippen LogP contribution in [0, 0.1) is 0 Å². The summed E-state index contributed by atoms with van der Waals surface area (Å²) in [5.74, 6) is 0.0818. The highest BCUT2D eigenvalue weighted by atomic mass is 35.5. The van der Waals surface area contributed by atoms with E-state index in [9.17, 15) is 4.79 Å². The molecule has 1 N–H and O–H groups in total. The Bertz CT molecular complexity index is 412. The van der Waals surface area contributed by atoms with E-state index in [4.69, 9.17) is 16.3 Å². The van der Waals surface area contributed by atoms with Gasteiger partial charge in [0.05, 0.1) is 17.4 Å². The Morgan fingerprint density at radius 2 is 2.21 bits per heavy atom. The maximum absolute atomic E-state index is 11.3. The molecule has 0 heterocycles. The van der Waals surface area contributed by atoms with Crippen LogP contribution in [0.4, 0.5) is 0 Å². The molecule has 0 saturated heterocycles. The molecule has 1 aromatic carbocycles. The quantitative estimate of drug-likeness (QED) is 0.453. The smallest absolute Gasteiger partial charge is 0.316 e. The van der Waals surface area contributed by atoms with Gasteiger partial charge in [-0.1, -0.05) is 24.6 Å². The SMILES string of the molecule is CCCNCc1ccc(SCC(=O)OCC)c(Cl)c1. The molecule has 0 spiro atoms. The van der Waals surface area contributed by atoms with Gasteiger partial charge in [-0.2, -0.15) is 0 Å². The summed E-state index contributed by atoms with van der Waals surface area (Å²) in [5.41, 5.74) is 1.15. The standard InChI is InChI=1S/C14H20ClNO2S/c1-3-7-16-9-11-5-6-13(12(15)8-11)19-10-14(17)18-4-2/h5-6,8,16H,3-4,7,9-10H2,1-2H3. The van der Waals surface area contributed by atoms with Crippen LogP contribution >= 0.6 is 23.4 Å². The van der Waals surface area contributed by atoms with Crippen molar-refractivity contribution < 1.29 is 9.53 Å². The van der Waals surface area contributed by atoms with Gasteiger partial charge >= 0.3 is 5.97 Å². The maximum atomic E-state index is 11.3. The molecule has 3 nitrogen and oxygen atoms in total. The summed E-state index contributed by atoms with van der Waals surface area (Å²) in [4.78, 5) is 12.2. The van der Waals surface area contributed by atoms with E-state index in [0.29, 0.717) is 17.4 Å². The highest BCUT2D eigenvalue weighted by Crippen LogP contribution is 2.28. The second kappa shape index (κ2) is 9.23. The second-order valence-electron chi connectivity index (χ2n) is 4.04. The molecule has 1 aromatic rings. The lowest BCUT2D eigenvalue weighted by Gasteiger charge is -2.07. The number of rotatable bonds is 8. The highest BCUT2D eigenvalue weighted by Gasteiger charge is 2.07. The van der Waals surface area contributed by atoms with Gasteiger partial charge in [-0.3, -0.25) is 4.79 Å². The van der Waals surface area contributed by atoms with Gasteiger partial charge in [0.2, 0.25) is 0 Å². The summed E-state index contributed by atoms with van der Waals surface area (Å²) in [6.07, 6.45) is 1.11. The topological polar surface area (TPSA) is 38.3 Å². The molecule has 1 rings (SSSR count). The van der Waals surface area contributed by atoms with Gasteiger partial charge in [0.1, 0.15) is 0 Å². The maximum Gasteiger partial charge on any atom is 0.316 e. The zero-order valence-corrected chi connectivity index (χ0v) is 12.9. The predicted molar refractivity (Wildman–Crippen MR) is 80.8 cm³/mol. The minimum atomic E-state index is -0.211. The number of halogens is 1. The minimum Gasteiger partial charge on any atom is -0.465 e. The normalized spacial score (nSPS) is 10.5. The molecular weight excluding hydrogens is 282 g/mol. The third kappa shape index (κ3) is 6.32. The fraction of sp³-hybridized carbons (Fsp3) is 0.500. The van der Waals surface area contributed by atoms with Crippen molar-refractivity contribution in [2.45, 2.75) is 31.7 Å². The molecule has 106 valence electrons. The highest BCUT2D eigenvalue weighted by molar-refractivity contribution is 8.00. The van der Waals surface area contributed by atoms with E-state index in [-0.39, 0.29) is 5.97 Å². The van der Waals surface area contributed by atoms with Crippen molar-refractivity contribution in [3.8, 4) is 0 Å². The van der Waals surface area contributed by atoms with Gasteiger partial charge < -0.3 is 10.1 Å². The van der Waals surface area contributed by atoms with Crippen molar-refractivity contribution in [2.24, 2.45) is 0 Å². The molecule has 0 aliphatic rings. The van der Waals surface area contributed by atoms with Crippen LogP contribution in [0.15, 0.2) is 23.1 Å². The number of benzene rings is 1. The van der Waals surface area contributed by atoms with Crippen molar-refractivity contribution in [3.63, 3.8) is 0 Å². The first kappa shape index (κ1) is 16.3. The van der Waals surface area contributed by atoms with Crippen LogP contribution in [-0.4, -0.2) is 24.9 Å². The molecule has 0 bridgehead atoms. The molecule has 0 aliphatic heterocycles. The lowest BCUT2D eigenvalue weighted by atomic mass is 10.2. The summed E-state index contributed by atoms with van der Waals surface area (Å²) < 4.78 is 4.88. The van der Waals surface area contributed by atoms with E-state index in [0.717, 1.165) is 30.0 Å². The Morgan fingerprint density at radius 1 is 1.42 bits per heavy atom. The first-order valence-electron chi connectivity index (χ1n) is 6.45. The van der Waals surface area contributed by atoms with Gasteiger partial charge in [0.25, 0.3) is 0 Å². The van der Waals surface area contributed by atoms with Crippen LogP contribution in [0.1, 0.15) is 25.8 Å². The van der Waals surface area contributed by atoms with E-state index in [1.807, 2.05) is 18.2 Å². The summed E-state index contributed by atoms with van der Waals surface area (Å²) >= 11 is 7.61. The second-order valence-corrected chi connectivity index (χ2v) is 5.46. The Morgan fingerprint density at radius 3 is 2.84 bits per heavy atom. The van der Waals surface area contributed by atoms with Crippen LogP contribution in [0.5, 0.6) is 0 Å². The molecule has 0 fully saturated rings. The van der Waals surface area contributed by atoms with E-state index in [1.54, 1.807) is 6.92 Å². The number of carbonyl (C=O) groups excluding carboxylic acids is 1. The molecule has 0 unspecified atom stereocenters. The van der Waals surface area contributed by atoms with E-state index >= 15 is 0 Å². The van der Waals surface area contributed by atoms with E-state index in [1.165, 1.54) is 11.8 Å². The largest absolute Gasteiger partial charge is 0.465 e. The molecular formula is C14H20ClNO2S. The Labute approximate surface area is 124 Å². The summed E-state index contributed by atoms with van der Waals surface area (Å²) in [7, 11) is 0. The van der Waals surface area contributed by atoms with E-state index < -0.39 is 0 Å². The average Bonchev–Trinajstić information content (AvgIpc) is 2.38. The van der Waals surface area contributed by atoms with Crippen molar-refractivity contribution in [1.82, 2.24) is 5.32 Å². The summed E-state index contributed by atoms with van der Waals surface area (Å²) in [6.45, 7) is 6.16. The van der Waals surface area contributed by atoms with Crippen molar-refractivity contribution in [3.05, 3.63) is 28.8 Å². The molecule has 0 atom stereocenters. The Hall–Kier alpha value is -0.710. The monoisotopic (exact) mass is 301 g/mol. The third-order valence-electron chi connectivity index (χ3n) is 2.40. The number of ether oxygens (including phenoxy) is 1. The van der Waals surface area contributed by atoms with Gasteiger partial charge in [-0.25, -0.2) is 0 Å². The molecule has 0 amide bonds. The molecule has 0 radical (unpaired) electrons. The average molecular weight is 302 g/mol. The fourth-order valence-electron chi connectivity index (χ4n) is 1.52. The number of hydrogen-bond donors (Lipinski definition) is 1. The number of thioether (sulfide) groups is 1. The van der Waals surface area contributed by atoms with Crippen LogP contribution in [0.3, 0.4) is 0 Å². The lowest BCUT2D eigenvalue weighted by molar-refractivity contribution is -0.139. The van der Waals surface area contributed by atoms with Gasteiger partial charge in [-0.15, -0.1) is 11.8 Å². The number of nitrogens with one attached hydrogen (secondary N) is 1. The van der Waals surface area contributed by atoms with Gasteiger partial charge in [0, 0.05) is 11.4 Å². The third-order valence-corrected chi connectivity index (χ3v) is 3.87. The predicted octanol–water partition coefficient (Wildman–Crippen LogP) is 3.49. The van der Waals surface area contributed by atoms with Crippen molar-refractivity contribution in [1.29, 1.82) is 0 Å². The Kier molecular flexibility index (Phi) is 7.94. The van der Waals surface area contributed by atoms with Crippen molar-refractivity contribution in [2.75, 3.05) is 18.9 Å². The molecule has 19 heavy (non-hydrogen) atoms. The number of carbonyl (C=O) groups is 1. The van der Waals surface area contributed by atoms with Crippen LogP contribution in [0.2, 0.25) is 5.02 Å². The Balaban J connectivity index is 2.49. The van der Waals surface area contributed by atoms with Gasteiger partial charge in [0.15, 0.2) is 0 Å². The summed E-state index contributed by atoms with van der Waals surface area (Å²) in [5, 5.41) is 4.01. The first-order chi connectivity index (χ1) is 9.17. The molecule has 0 aliphatic carbocycles. The molecule has 0 aromatic heterocycles. The summed E-state index contributed by atoms with van der Waals surface area (Å²) in [6, 6.07) is 5.93. The number of esters is 1. The zero-order chi connectivity index (χ0) is 14.1. The first-order valence-corrected chi connectivity index (χ1v) is 7.81. The van der Waals surface area contributed by atoms with Crippen molar-refractivity contribution >= 4 is 29.3 Å². The minimum absolute atomic E-state index is 0.211. The molecule has 0 saturated carbocycles. The van der Waals surface area contributed by atoms with Crippen LogP contribution in [0.25, 0.3) is 0 Å². The zero-order valence-electron chi connectivity index (χ0n) is 11.4. The van der Waals surface area contributed by atoms with E-state index in [2.05, 4.69) is 12.2 Å². The van der Waals surface area contributed by atoms with Gasteiger partial charge in [-0.05, 0) is 37.6 Å². The van der Waals surface area contributed by atoms with Crippen LogP contribution < -0.4 is 5.32 Å². The number of hydrogen-bond acceptors (Lipinski definition) is 4. The molecule has 5 heteroatoms.